The van der Waals surface area contributed by atoms with Crippen molar-refractivity contribution in [3.05, 3.63) is 101 Å². The number of carbonyl (C=O) groups is 2. The number of hydrogen-bond acceptors (Lipinski definition) is 4. The van der Waals surface area contributed by atoms with E-state index in [1.54, 1.807) is 50.2 Å². The number of carbonyl (C=O) groups excluding carboxylic acids is 2. The van der Waals surface area contributed by atoms with Crippen molar-refractivity contribution >= 4 is 21.7 Å². The van der Waals surface area contributed by atoms with Gasteiger partial charge in [0.05, 0.1) is 10.5 Å². The smallest absolute Gasteiger partial charge is 0.252 e. The fraction of sp³-hybridized carbons (Fsp3) is 0.200. The molecule has 0 saturated heterocycles. The molecule has 3 aromatic carbocycles. The fourth-order valence-electron chi connectivity index (χ4n) is 3.41. The van der Waals surface area contributed by atoms with Crippen LogP contribution in [0.4, 0.5) is 4.39 Å². The number of rotatable bonds is 9. The van der Waals surface area contributed by atoms with E-state index in [4.69, 9.17) is 0 Å². The van der Waals surface area contributed by atoms with Crippen LogP contribution in [-0.2, 0) is 16.6 Å². The molecule has 8 heteroatoms. The molecule has 0 bridgehead atoms. The summed E-state index contributed by atoms with van der Waals surface area (Å²) in [7, 11) is -3.55. The summed E-state index contributed by atoms with van der Waals surface area (Å²) < 4.78 is 39.7. The first kappa shape index (κ1) is 24.3. The van der Waals surface area contributed by atoms with Gasteiger partial charge in [-0.15, -0.1) is 0 Å². The molecule has 0 aliphatic heterocycles. The number of nitrogens with one attached hydrogen (secondary N) is 1. The van der Waals surface area contributed by atoms with Crippen LogP contribution < -0.4 is 5.32 Å². The zero-order valence-corrected chi connectivity index (χ0v) is 19.2. The first-order chi connectivity index (χ1) is 15.8. The van der Waals surface area contributed by atoms with E-state index in [1.807, 2.05) is 0 Å². The minimum Gasteiger partial charge on any atom is -0.348 e. The average Bonchev–Trinajstić information content (AvgIpc) is 2.83. The second kappa shape index (κ2) is 10.5. The van der Waals surface area contributed by atoms with Crippen molar-refractivity contribution in [2.45, 2.75) is 25.3 Å². The van der Waals surface area contributed by atoms with Crippen molar-refractivity contribution in [3.63, 3.8) is 0 Å². The van der Waals surface area contributed by atoms with Crippen molar-refractivity contribution in [1.29, 1.82) is 0 Å². The normalized spacial score (nSPS) is 11.4. The van der Waals surface area contributed by atoms with Crippen LogP contribution >= 0.6 is 0 Å². The van der Waals surface area contributed by atoms with Gasteiger partial charge >= 0.3 is 0 Å². The van der Waals surface area contributed by atoms with Crippen LogP contribution in [0.2, 0.25) is 0 Å². The van der Waals surface area contributed by atoms with Crippen LogP contribution in [0.5, 0.6) is 0 Å². The van der Waals surface area contributed by atoms with Gasteiger partial charge in [-0.2, -0.15) is 4.31 Å². The maximum atomic E-state index is 13.2. The Morgan fingerprint density at radius 2 is 1.42 bits per heavy atom. The third-order valence-electron chi connectivity index (χ3n) is 5.24. The number of ketones is 1. The minimum atomic E-state index is -3.55. The van der Waals surface area contributed by atoms with Gasteiger partial charge in [0.15, 0.2) is 5.78 Å². The molecule has 0 aromatic heterocycles. The maximum Gasteiger partial charge on any atom is 0.252 e. The predicted molar refractivity (Wildman–Crippen MR) is 124 cm³/mol. The molecule has 3 aromatic rings. The lowest BCUT2D eigenvalue weighted by atomic mass is 9.98. The van der Waals surface area contributed by atoms with Gasteiger partial charge in [0.2, 0.25) is 10.0 Å². The van der Waals surface area contributed by atoms with E-state index in [0.717, 1.165) is 0 Å². The van der Waals surface area contributed by atoms with Gasteiger partial charge in [0.25, 0.3) is 5.91 Å². The summed E-state index contributed by atoms with van der Waals surface area (Å²) in [4.78, 5) is 25.8. The molecule has 1 N–H and O–H groups in total. The summed E-state index contributed by atoms with van der Waals surface area (Å²) >= 11 is 0. The minimum absolute atomic E-state index is 0.156. The summed E-state index contributed by atoms with van der Waals surface area (Å²) in [6, 6.07) is 17.9. The molecule has 6 nitrogen and oxygen atoms in total. The number of sulfonamides is 1. The molecule has 0 spiro atoms. The number of benzene rings is 3. The molecule has 172 valence electrons. The largest absolute Gasteiger partial charge is 0.348 e. The van der Waals surface area contributed by atoms with Crippen LogP contribution in [0.25, 0.3) is 0 Å². The zero-order chi connectivity index (χ0) is 24.0. The zero-order valence-electron chi connectivity index (χ0n) is 18.4. The van der Waals surface area contributed by atoms with E-state index in [2.05, 4.69) is 5.32 Å². The Morgan fingerprint density at radius 3 is 2.00 bits per heavy atom. The molecule has 0 aliphatic rings. The second-order valence-electron chi connectivity index (χ2n) is 7.30. The van der Waals surface area contributed by atoms with Crippen molar-refractivity contribution < 1.29 is 22.4 Å². The SMILES string of the molecule is CCN(CC)S(=O)(=O)c1ccc(CNC(=O)c2ccccc2C(=O)c2ccc(F)cc2)cc1. The van der Waals surface area contributed by atoms with E-state index in [9.17, 15) is 22.4 Å². The Labute approximate surface area is 193 Å². The topological polar surface area (TPSA) is 83.6 Å². The summed E-state index contributed by atoms with van der Waals surface area (Å²) in [5.74, 6) is -1.28. The summed E-state index contributed by atoms with van der Waals surface area (Å²) in [6.45, 7) is 4.48. The van der Waals surface area contributed by atoms with Gasteiger partial charge in [-0.3, -0.25) is 9.59 Å². The highest BCUT2D eigenvalue weighted by molar-refractivity contribution is 7.89. The molecule has 0 radical (unpaired) electrons. The molecule has 0 fully saturated rings. The monoisotopic (exact) mass is 468 g/mol. The van der Waals surface area contributed by atoms with Crippen LogP contribution in [0.3, 0.4) is 0 Å². The Hall–Kier alpha value is -3.36. The van der Waals surface area contributed by atoms with E-state index in [0.29, 0.717) is 18.7 Å². The molecule has 3 rings (SSSR count). The maximum absolute atomic E-state index is 13.2. The summed E-state index contributed by atoms with van der Waals surface area (Å²) in [5.41, 5.74) is 1.40. The van der Waals surface area contributed by atoms with Gasteiger partial charge in [0, 0.05) is 30.8 Å². The summed E-state index contributed by atoms with van der Waals surface area (Å²) in [5, 5.41) is 2.76. The number of halogens is 1. The van der Waals surface area contributed by atoms with E-state index >= 15 is 0 Å². The predicted octanol–water partition coefficient (Wildman–Crippen LogP) is 4.02. The highest BCUT2D eigenvalue weighted by Gasteiger charge is 2.21. The molecule has 0 saturated carbocycles. The number of hydrogen-bond donors (Lipinski definition) is 1. The Balaban J connectivity index is 1.73. The molecular formula is C25H25FN2O4S. The lowest BCUT2D eigenvalue weighted by Gasteiger charge is -2.18. The van der Waals surface area contributed by atoms with Gasteiger partial charge in [-0.25, -0.2) is 12.8 Å². The van der Waals surface area contributed by atoms with Gasteiger partial charge in [-0.05, 0) is 48.0 Å². The van der Waals surface area contributed by atoms with Crippen LogP contribution in [0, 0.1) is 5.82 Å². The van der Waals surface area contributed by atoms with Crippen molar-refractivity contribution in [3.8, 4) is 0 Å². The van der Waals surface area contributed by atoms with Crippen LogP contribution in [0.1, 0.15) is 45.7 Å². The van der Waals surface area contributed by atoms with E-state index in [-0.39, 0.29) is 33.9 Å². The van der Waals surface area contributed by atoms with Gasteiger partial charge < -0.3 is 5.32 Å². The molecular weight excluding hydrogens is 443 g/mol. The summed E-state index contributed by atoms with van der Waals surface area (Å²) in [6.07, 6.45) is 0. The number of nitrogens with zero attached hydrogens (tertiary/aromatic N) is 1. The van der Waals surface area contributed by atoms with E-state index in [1.165, 1.54) is 40.7 Å². The lowest BCUT2D eigenvalue weighted by molar-refractivity contribution is 0.0939. The standard InChI is InChI=1S/C25H25FN2O4S/c1-3-28(4-2)33(31,32)21-15-9-18(10-16-21)17-27-25(30)23-8-6-5-7-22(23)24(29)19-11-13-20(26)14-12-19/h5-16H,3-4,17H2,1-2H3,(H,27,30). The molecule has 0 atom stereocenters. The third kappa shape index (κ3) is 5.53. The number of amides is 1. The highest BCUT2D eigenvalue weighted by atomic mass is 32.2. The molecule has 1 amide bonds. The van der Waals surface area contributed by atoms with Crippen LogP contribution in [-0.4, -0.2) is 37.5 Å². The average molecular weight is 469 g/mol. The fourth-order valence-corrected chi connectivity index (χ4v) is 4.86. The molecule has 0 heterocycles. The van der Waals surface area contributed by atoms with Crippen LogP contribution in [0.15, 0.2) is 77.7 Å². The van der Waals surface area contributed by atoms with Gasteiger partial charge in [0.1, 0.15) is 5.82 Å². The van der Waals surface area contributed by atoms with Crippen molar-refractivity contribution in [2.24, 2.45) is 0 Å². The highest BCUT2D eigenvalue weighted by Crippen LogP contribution is 2.18. The molecule has 0 aliphatic carbocycles. The third-order valence-corrected chi connectivity index (χ3v) is 7.31. The first-order valence-corrected chi connectivity index (χ1v) is 12.0. The Morgan fingerprint density at radius 1 is 0.848 bits per heavy atom. The van der Waals surface area contributed by atoms with Crippen molar-refractivity contribution in [2.75, 3.05) is 13.1 Å². The van der Waals surface area contributed by atoms with Gasteiger partial charge in [-0.1, -0.05) is 44.2 Å². The Kier molecular flexibility index (Phi) is 7.73. The first-order valence-electron chi connectivity index (χ1n) is 10.5. The van der Waals surface area contributed by atoms with Crippen molar-refractivity contribution in [1.82, 2.24) is 9.62 Å². The second-order valence-corrected chi connectivity index (χ2v) is 9.24. The molecule has 0 unspecified atom stereocenters. The lowest BCUT2D eigenvalue weighted by Crippen LogP contribution is -2.30. The quantitative estimate of drug-likeness (QED) is 0.481. The molecule has 33 heavy (non-hydrogen) atoms. The van der Waals surface area contributed by atoms with E-state index < -0.39 is 21.7 Å². The Bertz CT molecular complexity index is 1240.